The first kappa shape index (κ1) is 42.6. The van der Waals surface area contributed by atoms with Crippen LogP contribution in [0.2, 0.25) is 0 Å². The molecule has 3 heterocycles. The molecule has 11 aromatic carbocycles. The second-order valence-electron chi connectivity index (χ2n) is 20.4. The lowest BCUT2D eigenvalue weighted by atomic mass is 9.67. The van der Waals surface area contributed by atoms with E-state index in [0.717, 1.165) is 44.2 Å². The molecule has 3 aliphatic rings. The summed E-state index contributed by atoms with van der Waals surface area (Å²) in [4.78, 5) is 11.5. The van der Waals surface area contributed by atoms with Crippen LogP contribution in [0.25, 0.3) is 65.9 Å². The first-order valence-electron chi connectivity index (χ1n) is 26.3. The molecule has 0 radical (unpaired) electrons. The van der Waals surface area contributed by atoms with E-state index < -0.39 is 17.1 Å². The molecule has 1 unspecified atom stereocenters. The molecule has 0 bridgehead atoms. The Morgan fingerprint density at radius 3 is 1.26 bits per heavy atom. The van der Waals surface area contributed by atoms with E-state index in [0.29, 0.717) is 5.96 Å². The number of aliphatic imine (C=N–C) groups is 2. The van der Waals surface area contributed by atoms with Gasteiger partial charge in [-0.2, -0.15) is 4.99 Å². The molecule has 16 rings (SSSR count). The molecule has 5 heteroatoms. The van der Waals surface area contributed by atoms with Gasteiger partial charge in [-0.15, -0.1) is 0 Å². The van der Waals surface area contributed by atoms with Crippen molar-refractivity contribution in [1.29, 1.82) is 0 Å². The largest absolute Gasteiger partial charge is 0.330 e. The van der Waals surface area contributed by atoms with E-state index in [9.17, 15) is 0 Å². The van der Waals surface area contributed by atoms with Crippen LogP contribution in [0.4, 0.5) is 0 Å². The van der Waals surface area contributed by atoms with Crippen LogP contribution in [0, 0.1) is 0 Å². The molecule has 2 aliphatic carbocycles. The van der Waals surface area contributed by atoms with Crippen LogP contribution in [0.5, 0.6) is 0 Å². The molecule has 0 fully saturated rings. The van der Waals surface area contributed by atoms with Gasteiger partial charge < -0.3 is 9.88 Å². The number of amidine groups is 1. The van der Waals surface area contributed by atoms with Gasteiger partial charge in [0, 0.05) is 27.1 Å². The van der Waals surface area contributed by atoms with Gasteiger partial charge in [-0.25, -0.2) is 4.99 Å². The summed E-state index contributed by atoms with van der Waals surface area (Å²) in [5.74, 6) is 1.36. The first-order chi connectivity index (χ1) is 37.7. The first-order valence-corrected chi connectivity index (χ1v) is 26.3. The number of nitrogens with zero attached hydrogens (tertiary/aromatic N) is 4. The third-order valence-electron chi connectivity index (χ3n) is 16.7. The Morgan fingerprint density at radius 2 is 0.737 bits per heavy atom. The van der Waals surface area contributed by atoms with E-state index in [2.05, 4.69) is 287 Å². The average Bonchev–Trinajstić information content (AvgIpc) is 4.40. The van der Waals surface area contributed by atoms with Crippen molar-refractivity contribution in [2.24, 2.45) is 9.98 Å². The Labute approximate surface area is 440 Å². The Bertz CT molecular complexity index is 4450. The molecule has 1 aliphatic heterocycles. The number of hydrogen-bond donors (Lipinski definition) is 1. The molecule has 0 spiro atoms. The number of rotatable bonds is 6. The highest BCUT2D eigenvalue weighted by Crippen LogP contribution is 2.59. The summed E-state index contributed by atoms with van der Waals surface area (Å²) < 4.78 is 4.74. The standard InChI is InChI=1S/C71H47N5/c1-6-24-46(25-7-1)67-72-68(75-63-40-22-18-36-53(63)57-42-55-51-34-16-20-38-59(51)70(61(55)44-65(57)75,47-26-8-2-9-27-47)48-28-10-3-11-29-48)74-69(73-67)76-64-41-23-19-37-54(64)58-43-56-52-35-17-21-39-60(52)71(62(56)45-66(58)76,49-30-12-4-13-31-49)50-32-14-5-15-33-50/h1-45,68H,(H,72,73,74). The highest BCUT2D eigenvalue weighted by Gasteiger charge is 2.48. The van der Waals surface area contributed by atoms with Crippen molar-refractivity contribution in [2.75, 3.05) is 0 Å². The van der Waals surface area contributed by atoms with Crippen LogP contribution in [0.3, 0.4) is 0 Å². The summed E-state index contributed by atoms with van der Waals surface area (Å²) in [6, 6.07) is 100. The fourth-order valence-corrected chi connectivity index (χ4v) is 13.7. The second-order valence-corrected chi connectivity index (χ2v) is 20.4. The van der Waals surface area contributed by atoms with Crippen LogP contribution >= 0.6 is 0 Å². The van der Waals surface area contributed by atoms with Crippen LogP contribution < -0.4 is 5.32 Å². The molecular formula is C71H47N5. The minimum Gasteiger partial charge on any atom is -0.330 e. The number of aromatic nitrogens is 2. The van der Waals surface area contributed by atoms with Crippen molar-refractivity contribution in [2.45, 2.75) is 17.1 Å². The minimum atomic E-state index is -0.600. The van der Waals surface area contributed by atoms with E-state index in [1.807, 2.05) is 0 Å². The zero-order valence-corrected chi connectivity index (χ0v) is 41.3. The van der Waals surface area contributed by atoms with Gasteiger partial charge in [0.1, 0.15) is 5.84 Å². The monoisotopic (exact) mass is 969 g/mol. The van der Waals surface area contributed by atoms with E-state index in [1.54, 1.807) is 0 Å². The minimum absolute atomic E-state index is 0.577. The summed E-state index contributed by atoms with van der Waals surface area (Å²) >= 11 is 0. The molecule has 0 saturated heterocycles. The van der Waals surface area contributed by atoms with Crippen molar-refractivity contribution < 1.29 is 0 Å². The van der Waals surface area contributed by atoms with Crippen molar-refractivity contribution in [3.63, 3.8) is 0 Å². The zero-order chi connectivity index (χ0) is 50.0. The van der Waals surface area contributed by atoms with Crippen molar-refractivity contribution in [3.05, 3.63) is 323 Å². The predicted molar refractivity (Wildman–Crippen MR) is 311 cm³/mol. The molecule has 76 heavy (non-hydrogen) atoms. The lowest BCUT2D eigenvalue weighted by Gasteiger charge is -2.34. The third-order valence-corrected chi connectivity index (χ3v) is 16.7. The Kier molecular flexibility index (Phi) is 9.16. The molecule has 0 amide bonds. The second kappa shape index (κ2) is 16.3. The van der Waals surface area contributed by atoms with Gasteiger partial charge in [0.15, 0.2) is 0 Å². The summed E-state index contributed by atoms with van der Waals surface area (Å²) in [7, 11) is 0. The topological polar surface area (TPSA) is 46.6 Å². The average molecular weight is 970 g/mol. The number of benzene rings is 11. The van der Waals surface area contributed by atoms with Crippen LogP contribution in [0.15, 0.2) is 283 Å². The number of hydrogen-bond acceptors (Lipinski definition) is 3. The van der Waals surface area contributed by atoms with E-state index in [-0.39, 0.29) is 0 Å². The maximum absolute atomic E-state index is 5.86. The molecule has 1 N–H and O–H groups in total. The smallest absolute Gasteiger partial charge is 0.235 e. The number of para-hydroxylation sites is 2. The molecule has 13 aromatic rings. The fraction of sp³-hybridized carbons (Fsp3) is 0.0423. The van der Waals surface area contributed by atoms with E-state index in [4.69, 9.17) is 9.98 Å². The van der Waals surface area contributed by atoms with Gasteiger partial charge in [-0.3, -0.25) is 4.57 Å². The molecule has 356 valence electrons. The number of fused-ring (bicyclic) bond motifs is 12. The van der Waals surface area contributed by atoms with Crippen molar-refractivity contribution in [1.82, 2.24) is 14.5 Å². The maximum atomic E-state index is 5.86. The Hall–Kier alpha value is -9.84. The highest BCUT2D eigenvalue weighted by atomic mass is 15.4. The Morgan fingerprint density at radius 1 is 0.329 bits per heavy atom. The SMILES string of the molecule is c1ccc(C2=NC(n3c4ccccc4c4cc5c(cc43)C(c3ccccc3)(c3ccccc3)c3ccccc3-5)=NC(n3c4ccccc4c4cc5c(cc43)C(c3ccccc3)(c3ccccc3)c3ccccc3-5)N2)cc1. The normalized spacial score (nSPS) is 15.7. The Balaban J connectivity index is 0.986. The van der Waals surface area contributed by atoms with Gasteiger partial charge in [0.05, 0.1) is 32.9 Å². The lowest BCUT2D eigenvalue weighted by molar-refractivity contribution is 0.513. The quantitative estimate of drug-likeness (QED) is 0.177. The van der Waals surface area contributed by atoms with Gasteiger partial charge in [-0.05, 0) is 103 Å². The van der Waals surface area contributed by atoms with Gasteiger partial charge in [-0.1, -0.05) is 237 Å². The fourth-order valence-electron chi connectivity index (χ4n) is 13.7. The van der Waals surface area contributed by atoms with Gasteiger partial charge in [0.25, 0.3) is 0 Å². The van der Waals surface area contributed by atoms with Crippen LogP contribution in [0.1, 0.15) is 56.4 Å². The molecular weight excluding hydrogens is 923 g/mol. The number of nitrogens with one attached hydrogen (secondary N) is 1. The predicted octanol–water partition coefficient (Wildman–Crippen LogP) is 16.0. The van der Waals surface area contributed by atoms with Gasteiger partial charge >= 0.3 is 0 Å². The van der Waals surface area contributed by atoms with Crippen molar-refractivity contribution in [3.8, 4) is 22.3 Å². The highest BCUT2D eigenvalue weighted by molar-refractivity contribution is 6.19. The van der Waals surface area contributed by atoms with Crippen molar-refractivity contribution >= 4 is 55.4 Å². The zero-order valence-electron chi connectivity index (χ0n) is 41.3. The lowest BCUT2D eigenvalue weighted by Crippen LogP contribution is -2.37. The summed E-state index contributed by atoms with van der Waals surface area (Å²) in [6.07, 6.45) is -0.600. The van der Waals surface area contributed by atoms with Crippen LogP contribution in [-0.2, 0) is 10.8 Å². The summed E-state index contributed by atoms with van der Waals surface area (Å²) in [6.45, 7) is 0. The summed E-state index contributed by atoms with van der Waals surface area (Å²) in [5, 5.41) is 8.58. The van der Waals surface area contributed by atoms with E-state index >= 15 is 0 Å². The third kappa shape index (κ3) is 5.79. The van der Waals surface area contributed by atoms with Gasteiger partial charge in [0.2, 0.25) is 12.2 Å². The molecule has 0 saturated carbocycles. The molecule has 1 atom stereocenters. The molecule has 5 nitrogen and oxygen atoms in total. The summed E-state index contributed by atoms with van der Waals surface area (Å²) in [5.41, 5.74) is 19.0. The maximum Gasteiger partial charge on any atom is 0.235 e. The van der Waals surface area contributed by atoms with Crippen LogP contribution in [-0.4, -0.2) is 20.9 Å². The molecule has 2 aromatic heterocycles. The van der Waals surface area contributed by atoms with E-state index in [1.165, 1.54) is 77.5 Å².